The van der Waals surface area contributed by atoms with E-state index in [1.54, 1.807) is 6.07 Å². The lowest BCUT2D eigenvalue weighted by Gasteiger charge is -2.13. The minimum Gasteiger partial charge on any atom is -0.346 e. The van der Waals surface area contributed by atoms with Crippen LogP contribution in [0.15, 0.2) is 18.2 Å². The van der Waals surface area contributed by atoms with Gasteiger partial charge in [0.1, 0.15) is 4.64 Å². The van der Waals surface area contributed by atoms with E-state index >= 15 is 0 Å². The van der Waals surface area contributed by atoms with E-state index in [-0.39, 0.29) is 10.0 Å². The molecule has 0 spiro atoms. The van der Waals surface area contributed by atoms with Crippen molar-refractivity contribution in [1.82, 2.24) is 9.55 Å². The van der Waals surface area contributed by atoms with Gasteiger partial charge in [-0.25, -0.2) is 0 Å². The number of aromatic nitrogens is 2. The highest BCUT2D eigenvalue weighted by Gasteiger charge is 2.34. The highest BCUT2D eigenvalue weighted by Crippen LogP contribution is 2.40. The first kappa shape index (κ1) is 25.1. The van der Waals surface area contributed by atoms with Gasteiger partial charge in [0.05, 0.1) is 5.56 Å². The van der Waals surface area contributed by atoms with Crippen LogP contribution in [0.3, 0.4) is 0 Å². The number of pyridine rings is 1. The summed E-state index contributed by atoms with van der Waals surface area (Å²) in [7, 11) is 0. The Hall–Kier alpha value is -1.53. The van der Waals surface area contributed by atoms with E-state index in [1.165, 1.54) is 32.1 Å². The van der Waals surface area contributed by atoms with Crippen LogP contribution in [0.4, 0.5) is 13.2 Å². The van der Waals surface area contributed by atoms with Crippen LogP contribution in [0.2, 0.25) is 0 Å². The van der Waals surface area contributed by atoms with Gasteiger partial charge < -0.3 is 9.55 Å². The Bertz CT molecular complexity index is 1110. The summed E-state index contributed by atoms with van der Waals surface area (Å²) < 4.78 is 44.0. The molecule has 0 aliphatic rings. The van der Waals surface area contributed by atoms with Crippen LogP contribution >= 0.6 is 23.8 Å². The first-order valence-corrected chi connectivity index (χ1v) is 12.5. The fourth-order valence-corrected chi connectivity index (χ4v) is 5.22. The minimum absolute atomic E-state index is 0.0969. The van der Waals surface area contributed by atoms with Gasteiger partial charge in [0.15, 0.2) is 0 Å². The summed E-state index contributed by atoms with van der Waals surface area (Å²) in [5.41, 5.74) is 2.71. The molecule has 1 aromatic carbocycles. The van der Waals surface area contributed by atoms with E-state index in [1.807, 2.05) is 13.0 Å². The normalized spacial score (nSPS) is 12.3. The summed E-state index contributed by atoms with van der Waals surface area (Å²) in [6.07, 6.45) is 5.69. The second-order valence-electron chi connectivity index (χ2n) is 8.52. The predicted octanol–water partition coefficient (Wildman–Crippen LogP) is 9.10. The van der Waals surface area contributed by atoms with Crippen molar-refractivity contribution in [2.75, 3.05) is 5.88 Å². The van der Waals surface area contributed by atoms with Crippen LogP contribution in [0.25, 0.3) is 21.8 Å². The van der Waals surface area contributed by atoms with Crippen molar-refractivity contribution < 1.29 is 13.2 Å². The van der Waals surface area contributed by atoms with Crippen molar-refractivity contribution in [3.63, 3.8) is 0 Å². The summed E-state index contributed by atoms with van der Waals surface area (Å²) in [6.45, 7) is 4.84. The molecule has 2 heterocycles. The zero-order chi connectivity index (χ0) is 23.3. The average molecular weight is 485 g/mol. The molecule has 2 aromatic heterocycles. The lowest BCUT2D eigenvalue weighted by molar-refractivity contribution is -0.136. The molecule has 1 N–H and O–H groups in total. The van der Waals surface area contributed by atoms with Crippen molar-refractivity contribution in [3.8, 4) is 0 Å². The monoisotopic (exact) mass is 484 g/mol. The minimum atomic E-state index is -4.46. The number of nitrogens with zero attached hydrogens (tertiary/aromatic N) is 1. The van der Waals surface area contributed by atoms with E-state index in [0.29, 0.717) is 10.9 Å². The Labute approximate surface area is 198 Å². The topological polar surface area (TPSA) is 20.7 Å². The van der Waals surface area contributed by atoms with Gasteiger partial charge >= 0.3 is 6.18 Å². The number of rotatable bonds is 11. The average Bonchev–Trinajstić information content (AvgIpc) is 3.02. The summed E-state index contributed by atoms with van der Waals surface area (Å²) >= 11 is 10.8. The molecule has 0 bridgehead atoms. The summed E-state index contributed by atoms with van der Waals surface area (Å²) in [4.78, 5) is 2.95. The van der Waals surface area contributed by atoms with Crippen molar-refractivity contribution in [2.24, 2.45) is 0 Å². The van der Waals surface area contributed by atoms with Gasteiger partial charge in [-0.15, -0.1) is 11.6 Å². The maximum Gasteiger partial charge on any atom is 0.417 e. The molecule has 0 saturated heterocycles. The Balaban J connectivity index is 1.87. The number of alkyl halides is 4. The second kappa shape index (κ2) is 11.1. The molecule has 0 saturated carbocycles. The number of halogens is 4. The van der Waals surface area contributed by atoms with Crippen LogP contribution in [-0.4, -0.2) is 15.4 Å². The molecule has 0 unspecified atom stereocenters. The smallest absolute Gasteiger partial charge is 0.346 e. The quantitative estimate of drug-likeness (QED) is 0.163. The standard InChI is InChI=1S/C25H32ClF3N2S/c1-3-20-17(2)23-21(31(20)15-11-9-7-5-4-6-8-10-14-26)13-12-19-24(23)18(25(27,28)29)16-22(32)30-19/h12-13,16H,3-11,14-15H2,1-2H3,(H,30,32). The molecule has 0 atom stereocenters. The van der Waals surface area contributed by atoms with Crippen molar-refractivity contribution in [2.45, 2.75) is 84.4 Å². The highest BCUT2D eigenvalue weighted by atomic mass is 35.5. The van der Waals surface area contributed by atoms with Crippen LogP contribution in [0, 0.1) is 11.6 Å². The lowest BCUT2D eigenvalue weighted by atomic mass is 10.0. The molecule has 2 nitrogen and oxygen atoms in total. The van der Waals surface area contributed by atoms with Gasteiger partial charge in [0, 0.05) is 39.9 Å². The van der Waals surface area contributed by atoms with Crippen molar-refractivity contribution >= 4 is 45.6 Å². The van der Waals surface area contributed by atoms with E-state index in [4.69, 9.17) is 23.8 Å². The number of fused-ring (bicyclic) bond motifs is 3. The molecule has 32 heavy (non-hydrogen) atoms. The molecule has 0 aliphatic carbocycles. The van der Waals surface area contributed by atoms with E-state index in [9.17, 15) is 13.2 Å². The predicted molar refractivity (Wildman–Crippen MR) is 131 cm³/mol. The SMILES string of the molecule is CCc1c(C)c2c3c(C(F)(F)F)cc(=S)[nH]c3ccc2n1CCCCCCCCCCCl. The van der Waals surface area contributed by atoms with Gasteiger partial charge in [0.25, 0.3) is 0 Å². The zero-order valence-corrected chi connectivity index (χ0v) is 20.4. The number of hydrogen-bond acceptors (Lipinski definition) is 1. The number of aromatic amines is 1. The molecule has 176 valence electrons. The molecule has 3 aromatic rings. The van der Waals surface area contributed by atoms with Crippen LogP contribution < -0.4 is 0 Å². The molecule has 0 fully saturated rings. The van der Waals surface area contributed by atoms with E-state index < -0.39 is 11.7 Å². The van der Waals surface area contributed by atoms with Gasteiger partial charge in [-0.1, -0.05) is 57.7 Å². The second-order valence-corrected chi connectivity index (χ2v) is 9.34. The van der Waals surface area contributed by atoms with Crippen LogP contribution in [-0.2, 0) is 19.1 Å². The first-order chi connectivity index (χ1) is 15.3. The number of hydrogen-bond donors (Lipinski definition) is 1. The number of benzene rings is 1. The molecular formula is C25H32ClF3N2S. The largest absolute Gasteiger partial charge is 0.417 e. The number of nitrogens with one attached hydrogen (secondary N) is 1. The molecule has 0 radical (unpaired) electrons. The third kappa shape index (κ3) is 5.51. The van der Waals surface area contributed by atoms with Crippen LogP contribution in [0.5, 0.6) is 0 Å². The lowest BCUT2D eigenvalue weighted by Crippen LogP contribution is -2.07. The van der Waals surface area contributed by atoms with Gasteiger partial charge in [-0.3, -0.25) is 0 Å². The van der Waals surface area contributed by atoms with E-state index in [0.717, 1.165) is 60.9 Å². The highest BCUT2D eigenvalue weighted by molar-refractivity contribution is 7.71. The third-order valence-electron chi connectivity index (χ3n) is 6.32. The molecular weight excluding hydrogens is 453 g/mol. The molecule has 3 rings (SSSR count). The molecule has 7 heteroatoms. The van der Waals surface area contributed by atoms with Gasteiger partial charge in [-0.2, -0.15) is 13.2 Å². The summed E-state index contributed by atoms with van der Waals surface area (Å²) in [6, 6.07) is 4.72. The maximum absolute atomic E-state index is 13.9. The summed E-state index contributed by atoms with van der Waals surface area (Å²) in [5.74, 6) is 0.746. The Kier molecular flexibility index (Phi) is 8.68. The van der Waals surface area contributed by atoms with Crippen molar-refractivity contribution in [3.05, 3.63) is 39.7 Å². The van der Waals surface area contributed by atoms with Crippen molar-refractivity contribution in [1.29, 1.82) is 0 Å². The summed E-state index contributed by atoms with van der Waals surface area (Å²) in [5, 5.41) is 0.920. The van der Waals surface area contributed by atoms with Crippen LogP contribution in [0.1, 0.15) is 75.1 Å². The Morgan fingerprint density at radius 2 is 1.59 bits per heavy atom. The molecule has 0 aliphatic heterocycles. The fraction of sp³-hybridized carbons (Fsp3) is 0.560. The first-order valence-electron chi connectivity index (χ1n) is 11.6. The Morgan fingerprint density at radius 1 is 0.969 bits per heavy atom. The third-order valence-corrected chi connectivity index (χ3v) is 6.80. The number of unbranched alkanes of at least 4 members (excludes halogenated alkanes) is 7. The van der Waals surface area contributed by atoms with E-state index in [2.05, 4.69) is 16.5 Å². The number of H-pyrrole nitrogens is 1. The van der Waals surface area contributed by atoms with Gasteiger partial charge in [-0.05, 0) is 49.9 Å². The maximum atomic E-state index is 13.9. The number of aryl methyl sites for hydroxylation is 2. The Morgan fingerprint density at radius 3 is 2.19 bits per heavy atom. The zero-order valence-electron chi connectivity index (χ0n) is 18.9. The van der Waals surface area contributed by atoms with Gasteiger partial charge in [0.2, 0.25) is 0 Å². The fourth-order valence-electron chi connectivity index (χ4n) is 4.80. The molecule has 0 amide bonds.